The van der Waals surface area contributed by atoms with Gasteiger partial charge in [-0.15, -0.1) is 0 Å². The maximum Gasteiger partial charge on any atom is 0.311 e. The molecular weight excluding hydrogens is 248 g/mol. The summed E-state index contributed by atoms with van der Waals surface area (Å²) in [5.41, 5.74) is 0.0356. The number of amides is 1. The van der Waals surface area contributed by atoms with Gasteiger partial charge >= 0.3 is 5.97 Å². The number of nitrogens with zero attached hydrogens (tertiary/aromatic N) is 3. The lowest BCUT2D eigenvalue weighted by atomic mass is 10.1. The SMILES string of the molecule is O=C(NCC1(C(=O)O)CC1)c1cnn2cccnc12. The molecule has 0 aromatic carbocycles. The number of hydrogen-bond donors (Lipinski definition) is 2. The van der Waals surface area contributed by atoms with Crippen LogP contribution in [0, 0.1) is 5.41 Å². The number of rotatable bonds is 4. The summed E-state index contributed by atoms with van der Waals surface area (Å²) in [4.78, 5) is 27.1. The van der Waals surface area contributed by atoms with Gasteiger partial charge in [0.1, 0.15) is 5.56 Å². The lowest BCUT2D eigenvalue weighted by Crippen LogP contribution is -2.34. The summed E-state index contributed by atoms with van der Waals surface area (Å²) in [5, 5.41) is 15.7. The van der Waals surface area contributed by atoms with Crippen molar-refractivity contribution < 1.29 is 14.7 Å². The third-order valence-electron chi connectivity index (χ3n) is 3.42. The second-order valence-corrected chi connectivity index (χ2v) is 4.71. The normalized spacial score (nSPS) is 16.2. The predicted molar refractivity (Wildman–Crippen MR) is 64.6 cm³/mol. The molecular formula is C12H12N4O3. The molecule has 2 aromatic heterocycles. The second kappa shape index (κ2) is 4.04. The Morgan fingerprint density at radius 1 is 1.47 bits per heavy atom. The highest BCUT2D eigenvalue weighted by molar-refractivity contribution is 5.99. The average Bonchev–Trinajstić information content (AvgIpc) is 3.09. The number of nitrogens with one attached hydrogen (secondary N) is 1. The zero-order valence-electron chi connectivity index (χ0n) is 10.0. The molecule has 2 heterocycles. The van der Waals surface area contributed by atoms with Crippen LogP contribution in [0.2, 0.25) is 0 Å². The number of carbonyl (C=O) groups is 2. The number of fused-ring (bicyclic) bond motifs is 1. The van der Waals surface area contributed by atoms with Gasteiger partial charge < -0.3 is 10.4 Å². The Hall–Kier alpha value is -2.44. The molecule has 0 saturated heterocycles. The summed E-state index contributed by atoms with van der Waals surface area (Å²) in [7, 11) is 0. The molecule has 1 fully saturated rings. The molecule has 2 aromatic rings. The molecule has 7 heteroatoms. The minimum atomic E-state index is -0.856. The Balaban J connectivity index is 1.76. The van der Waals surface area contributed by atoms with Crippen molar-refractivity contribution in [1.82, 2.24) is 19.9 Å². The third-order valence-corrected chi connectivity index (χ3v) is 3.42. The van der Waals surface area contributed by atoms with Crippen molar-refractivity contribution in [3.05, 3.63) is 30.2 Å². The average molecular weight is 260 g/mol. The molecule has 0 bridgehead atoms. The molecule has 19 heavy (non-hydrogen) atoms. The van der Waals surface area contributed by atoms with Crippen LogP contribution >= 0.6 is 0 Å². The van der Waals surface area contributed by atoms with Crippen LogP contribution in [0.4, 0.5) is 0 Å². The highest BCUT2D eigenvalue weighted by atomic mass is 16.4. The molecule has 1 amide bonds. The van der Waals surface area contributed by atoms with Gasteiger partial charge in [-0.3, -0.25) is 9.59 Å². The summed E-state index contributed by atoms with van der Waals surface area (Å²) < 4.78 is 1.50. The minimum absolute atomic E-state index is 0.144. The molecule has 7 nitrogen and oxygen atoms in total. The molecule has 2 N–H and O–H groups in total. The van der Waals surface area contributed by atoms with Gasteiger partial charge in [0.15, 0.2) is 5.65 Å². The van der Waals surface area contributed by atoms with Crippen molar-refractivity contribution in [2.45, 2.75) is 12.8 Å². The number of carboxylic acids is 1. The van der Waals surface area contributed by atoms with Crippen LogP contribution in [-0.4, -0.2) is 38.1 Å². The lowest BCUT2D eigenvalue weighted by molar-refractivity contribution is -0.143. The Morgan fingerprint density at radius 3 is 2.95 bits per heavy atom. The van der Waals surface area contributed by atoms with Gasteiger partial charge in [0.25, 0.3) is 5.91 Å². The molecule has 98 valence electrons. The van der Waals surface area contributed by atoms with Gasteiger partial charge in [-0.05, 0) is 18.9 Å². The maximum atomic E-state index is 12.0. The van der Waals surface area contributed by atoms with Crippen molar-refractivity contribution >= 4 is 17.5 Å². The zero-order valence-corrected chi connectivity index (χ0v) is 10.0. The number of carboxylic acid groups (broad SMARTS) is 1. The molecule has 0 atom stereocenters. The fourth-order valence-corrected chi connectivity index (χ4v) is 1.95. The van der Waals surface area contributed by atoms with Crippen LogP contribution in [0.25, 0.3) is 5.65 Å². The van der Waals surface area contributed by atoms with Gasteiger partial charge in [-0.1, -0.05) is 0 Å². The number of aromatic nitrogens is 3. The summed E-state index contributed by atoms with van der Waals surface area (Å²) in [6.07, 6.45) is 5.91. The molecule has 1 saturated carbocycles. The molecule has 0 unspecified atom stereocenters. The standard InChI is InChI=1S/C12H12N4O3/c17-10(14-7-12(2-3-12)11(18)19)8-6-15-16-5-1-4-13-9(8)16/h1,4-6H,2-3,7H2,(H,14,17)(H,18,19). The summed E-state index contributed by atoms with van der Waals surface area (Å²) >= 11 is 0. The lowest BCUT2D eigenvalue weighted by Gasteiger charge is -2.10. The number of hydrogen-bond acceptors (Lipinski definition) is 4. The van der Waals surface area contributed by atoms with Crippen LogP contribution in [-0.2, 0) is 4.79 Å². The number of carbonyl (C=O) groups excluding carboxylic acids is 1. The topological polar surface area (TPSA) is 96.6 Å². The van der Waals surface area contributed by atoms with E-state index in [9.17, 15) is 9.59 Å². The van der Waals surface area contributed by atoms with Crippen LogP contribution in [0.1, 0.15) is 23.2 Å². The predicted octanol–water partition coefficient (Wildman–Crippen LogP) is 0.324. The van der Waals surface area contributed by atoms with Crippen LogP contribution in [0.3, 0.4) is 0 Å². The van der Waals surface area contributed by atoms with Crippen molar-refractivity contribution in [3.8, 4) is 0 Å². The summed E-state index contributed by atoms with van der Waals surface area (Å²) in [6, 6.07) is 1.71. The first-order valence-electron chi connectivity index (χ1n) is 5.92. The highest BCUT2D eigenvalue weighted by Crippen LogP contribution is 2.45. The van der Waals surface area contributed by atoms with Gasteiger partial charge in [-0.2, -0.15) is 5.10 Å². The molecule has 0 aliphatic heterocycles. The van der Waals surface area contributed by atoms with E-state index < -0.39 is 11.4 Å². The monoisotopic (exact) mass is 260 g/mol. The van der Waals surface area contributed by atoms with Gasteiger partial charge in [0, 0.05) is 18.9 Å². The van der Waals surface area contributed by atoms with Gasteiger partial charge in [0.05, 0.1) is 11.6 Å². The molecule has 0 radical (unpaired) electrons. The third kappa shape index (κ3) is 1.92. The van der Waals surface area contributed by atoms with E-state index in [1.165, 1.54) is 10.7 Å². The van der Waals surface area contributed by atoms with Crippen LogP contribution < -0.4 is 5.32 Å². The summed E-state index contributed by atoms with van der Waals surface area (Å²) in [6.45, 7) is 0.144. The van der Waals surface area contributed by atoms with Crippen molar-refractivity contribution in [1.29, 1.82) is 0 Å². The minimum Gasteiger partial charge on any atom is -0.481 e. The van der Waals surface area contributed by atoms with Gasteiger partial charge in [-0.25, -0.2) is 9.50 Å². The first-order chi connectivity index (χ1) is 9.12. The van der Waals surface area contributed by atoms with Crippen LogP contribution in [0.5, 0.6) is 0 Å². The van der Waals surface area contributed by atoms with E-state index in [4.69, 9.17) is 5.11 Å². The smallest absolute Gasteiger partial charge is 0.311 e. The Morgan fingerprint density at radius 2 is 2.26 bits per heavy atom. The highest BCUT2D eigenvalue weighted by Gasteiger charge is 2.50. The van der Waals surface area contributed by atoms with E-state index >= 15 is 0 Å². The van der Waals surface area contributed by atoms with E-state index in [2.05, 4.69) is 15.4 Å². The Labute approximate surface area is 108 Å². The van der Waals surface area contributed by atoms with E-state index in [1.807, 2.05) is 0 Å². The quantitative estimate of drug-likeness (QED) is 0.825. The molecule has 3 rings (SSSR count). The largest absolute Gasteiger partial charge is 0.481 e. The molecule has 1 aliphatic carbocycles. The maximum absolute atomic E-state index is 12.0. The molecule has 1 aliphatic rings. The van der Waals surface area contributed by atoms with Gasteiger partial charge in [0.2, 0.25) is 0 Å². The summed E-state index contributed by atoms with van der Waals surface area (Å²) in [5.74, 6) is -1.20. The Bertz CT molecular complexity index is 660. The fourth-order valence-electron chi connectivity index (χ4n) is 1.95. The van der Waals surface area contributed by atoms with Crippen molar-refractivity contribution in [2.24, 2.45) is 5.41 Å². The van der Waals surface area contributed by atoms with E-state index in [1.54, 1.807) is 18.5 Å². The molecule has 0 spiro atoms. The fraction of sp³-hybridized carbons (Fsp3) is 0.333. The zero-order chi connectivity index (χ0) is 13.5. The van der Waals surface area contributed by atoms with E-state index in [0.717, 1.165) is 0 Å². The Kier molecular flexibility index (Phi) is 2.48. The van der Waals surface area contributed by atoms with Crippen molar-refractivity contribution in [2.75, 3.05) is 6.54 Å². The first-order valence-corrected chi connectivity index (χ1v) is 5.92. The second-order valence-electron chi connectivity index (χ2n) is 4.71. The number of aliphatic carboxylic acids is 1. The van der Waals surface area contributed by atoms with E-state index in [-0.39, 0.29) is 12.5 Å². The van der Waals surface area contributed by atoms with Crippen molar-refractivity contribution in [3.63, 3.8) is 0 Å². The first kappa shape index (κ1) is 11.6. The van der Waals surface area contributed by atoms with Crippen LogP contribution in [0.15, 0.2) is 24.7 Å². The van der Waals surface area contributed by atoms with E-state index in [0.29, 0.717) is 24.1 Å².